The number of halogens is 2. The van der Waals surface area contributed by atoms with Crippen molar-refractivity contribution >= 4 is 11.7 Å². The number of aromatic nitrogens is 3. The Morgan fingerprint density at radius 2 is 2.15 bits per heavy atom. The summed E-state index contributed by atoms with van der Waals surface area (Å²) in [5.74, 6) is -2.47. The van der Waals surface area contributed by atoms with E-state index in [4.69, 9.17) is 4.74 Å². The Balaban J connectivity index is 1.74. The molecule has 2 aromatic heterocycles. The molecule has 1 fully saturated rings. The number of hydrogen-bond acceptors (Lipinski definition) is 5. The van der Waals surface area contributed by atoms with Crippen molar-refractivity contribution in [3.8, 4) is 5.82 Å². The fourth-order valence-corrected chi connectivity index (χ4v) is 3.01. The molecule has 2 heterocycles. The van der Waals surface area contributed by atoms with Crippen LogP contribution in [0.4, 0.5) is 14.5 Å². The highest BCUT2D eigenvalue weighted by Crippen LogP contribution is 2.34. The Bertz CT molecular complexity index is 781. The molecule has 0 bridgehead atoms. The van der Waals surface area contributed by atoms with Gasteiger partial charge in [-0.1, -0.05) is 0 Å². The number of aryl methyl sites for hydroxylation is 1. The Hall–Kier alpha value is -2.51. The summed E-state index contributed by atoms with van der Waals surface area (Å²) in [6.07, 6.45) is 3.94. The smallest absolute Gasteiger partial charge is 0.338 e. The van der Waals surface area contributed by atoms with Gasteiger partial charge < -0.3 is 10.1 Å². The van der Waals surface area contributed by atoms with Crippen LogP contribution in [-0.2, 0) is 4.74 Å². The predicted octanol–water partition coefficient (Wildman–Crippen LogP) is 3.74. The number of ether oxygens (including phenoxy) is 1. The summed E-state index contributed by atoms with van der Waals surface area (Å²) >= 11 is 0. The van der Waals surface area contributed by atoms with Gasteiger partial charge in [0.2, 0.25) is 5.92 Å². The Morgan fingerprint density at radius 1 is 1.42 bits per heavy atom. The van der Waals surface area contributed by atoms with Gasteiger partial charge in [0.05, 0.1) is 29.7 Å². The number of pyridine rings is 1. The number of alkyl halides is 2. The van der Waals surface area contributed by atoms with E-state index in [1.807, 2.05) is 6.92 Å². The maximum atomic E-state index is 13.3. The molecule has 0 aliphatic heterocycles. The van der Waals surface area contributed by atoms with Crippen LogP contribution in [0.1, 0.15) is 48.7 Å². The second-order valence-corrected chi connectivity index (χ2v) is 6.47. The number of carbonyl (C=O) groups is 1. The quantitative estimate of drug-likeness (QED) is 0.819. The van der Waals surface area contributed by atoms with E-state index in [0.29, 0.717) is 30.8 Å². The van der Waals surface area contributed by atoms with E-state index in [1.165, 1.54) is 6.20 Å². The molecule has 0 atom stereocenters. The Labute approximate surface area is 150 Å². The third kappa shape index (κ3) is 4.17. The zero-order valence-corrected chi connectivity index (χ0v) is 14.8. The van der Waals surface area contributed by atoms with Crippen LogP contribution in [0.2, 0.25) is 0 Å². The minimum atomic E-state index is -2.55. The second-order valence-electron chi connectivity index (χ2n) is 6.47. The van der Waals surface area contributed by atoms with Crippen LogP contribution in [0.25, 0.3) is 5.82 Å². The predicted molar refractivity (Wildman–Crippen MR) is 92.9 cm³/mol. The topological polar surface area (TPSA) is 69.0 Å². The third-order valence-corrected chi connectivity index (χ3v) is 4.47. The van der Waals surface area contributed by atoms with Crippen molar-refractivity contribution in [2.24, 2.45) is 0 Å². The molecule has 140 valence electrons. The molecule has 1 aliphatic carbocycles. The average Bonchev–Trinajstić information content (AvgIpc) is 2.98. The monoisotopic (exact) mass is 364 g/mol. The van der Waals surface area contributed by atoms with Crippen LogP contribution >= 0.6 is 0 Å². The molecular weight excluding hydrogens is 342 g/mol. The summed E-state index contributed by atoms with van der Waals surface area (Å²) in [4.78, 5) is 16.1. The molecule has 26 heavy (non-hydrogen) atoms. The first-order valence-corrected chi connectivity index (χ1v) is 8.72. The number of anilines is 1. The average molecular weight is 364 g/mol. The number of nitrogens with zero attached hydrogens (tertiary/aromatic N) is 3. The van der Waals surface area contributed by atoms with Gasteiger partial charge in [0.25, 0.3) is 0 Å². The largest absolute Gasteiger partial charge is 0.462 e. The Kier molecular flexibility index (Phi) is 5.20. The summed E-state index contributed by atoms with van der Waals surface area (Å²) in [6.45, 7) is 3.88. The van der Waals surface area contributed by atoms with E-state index in [-0.39, 0.29) is 18.9 Å². The number of hydrogen-bond donors (Lipinski definition) is 1. The summed E-state index contributed by atoms with van der Waals surface area (Å²) in [6, 6.07) is 3.19. The molecule has 1 saturated carbocycles. The SMILES string of the molecule is CCOC(=O)c1ccnc(-n2cc(NC3CCC(F)(F)CC3)c(C)n2)c1. The van der Waals surface area contributed by atoms with Gasteiger partial charge in [-0.3, -0.25) is 0 Å². The maximum absolute atomic E-state index is 13.3. The standard InChI is InChI=1S/C18H22F2N4O2/c1-3-26-17(25)13-6-9-21-16(10-13)24-11-15(12(2)23-24)22-14-4-7-18(19,20)8-5-14/h6,9-11,14,22H,3-5,7-8H2,1-2H3. The van der Waals surface area contributed by atoms with E-state index >= 15 is 0 Å². The van der Waals surface area contributed by atoms with E-state index in [1.54, 1.807) is 29.9 Å². The third-order valence-electron chi connectivity index (χ3n) is 4.47. The van der Waals surface area contributed by atoms with Gasteiger partial charge in [-0.05, 0) is 38.8 Å². The zero-order chi connectivity index (χ0) is 18.7. The van der Waals surface area contributed by atoms with E-state index in [2.05, 4.69) is 15.4 Å². The molecule has 0 spiro atoms. The normalized spacial score (nSPS) is 17.1. The fourth-order valence-electron chi connectivity index (χ4n) is 3.01. The Morgan fingerprint density at radius 3 is 2.85 bits per heavy atom. The van der Waals surface area contributed by atoms with Crippen molar-refractivity contribution < 1.29 is 18.3 Å². The van der Waals surface area contributed by atoms with Gasteiger partial charge in [0, 0.05) is 25.1 Å². The molecule has 0 amide bonds. The molecule has 1 aliphatic rings. The van der Waals surface area contributed by atoms with Gasteiger partial charge in [-0.2, -0.15) is 5.10 Å². The van der Waals surface area contributed by atoms with Crippen molar-refractivity contribution in [1.29, 1.82) is 0 Å². The highest BCUT2D eigenvalue weighted by Gasteiger charge is 2.35. The molecule has 0 unspecified atom stereocenters. The molecule has 2 aromatic rings. The second kappa shape index (κ2) is 7.39. The summed E-state index contributed by atoms with van der Waals surface area (Å²) in [5.41, 5.74) is 1.92. The minimum absolute atomic E-state index is 0.00444. The van der Waals surface area contributed by atoms with Crippen LogP contribution in [0.3, 0.4) is 0 Å². The van der Waals surface area contributed by atoms with Crippen LogP contribution in [0.15, 0.2) is 24.5 Å². The molecule has 0 aromatic carbocycles. The lowest BCUT2D eigenvalue weighted by Gasteiger charge is -2.29. The molecule has 1 N–H and O–H groups in total. The van der Waals surface area contributed by atoms with Crippen LogP contribution < -0.4 is 5.32 Å². The van der Waals surface area contributed by atoms with Gasteiger partial charge in [0.15, 0.2) is 5.82 Å². The first kappa shape index (κ1) is 18.3. The minimum Gasteiger partial charge on any atom is -0.462 e. The van der Waals surface area contributed by atoms with Gasteiger partial charge in [0.1, 0.15) is 0 Å². The van der Waals surface area contributed by atoms with Crippen molar-refractivity contribution in [3.05, 3.63) is 35.8 Å². The lowest BCUT2D eigenvalue weighted by Crippen LogP contribution is -2.32. The molecule has 0 saturated heterocycles. The molecular formula is C18H22F2N4O2. The van der Waals surface area contributed by atoms with E-state index in [0.717, 1.165) is 11.4 Å². The number of esters is 1. The summed E-state index contributed by atoms with van der Waals surface area (Å²) < 4.78 is 33.1. The van der Waals surface area contributed by atoms with Gasteiger partial charge in [-0.25, -0.2) is 23.2 Å². The first-order valence-electron chi connectivity index (χ1n) is 8.72. The van der Waals surface area contributed by atoms with Crippen LogP contribution in [-0.4, -0.2) is 39.3 Å². The van der Waals surface area contributed by atoms with Crippen LogP contribution in [0.5, 0.6) is 0 Å². The van der Waals surface area contributed by atoms with E-state index in [9.17, 15) is 13.6 Å². The highest BCUT2D eigenvalue weighted by atomic mass is 19.3. The van der Waals surface area contributed by atoms with E-state index < -0.39 is 11.9 Å². The molecule has 0 radical (unpaired) electrons. The number of carbonyl (C=O) groups excluding carboxylic acids is 1. The lowest BCUT2D eigenvalue weighted by atomic mass is 9.92. The van der Waals surface area contributed by atoms with Crippen LogP contribution in [0, 0.1) is 6.92 Å². The summed E-state index contributed by atoms with van der Waals surface area (Å²) in [5, 5.41) is 7.71. The fraction of sp³-hybridized carbons (Fsp3) is 0.500. The van der Waals surface area contributed by atoms with Gasteiger partial charge in [-0.15, -0.1) is 0 Å². The maximum Gasteiger partial charge on any atom is 0.338 e. The molecule has 6 nitrogen and oxygen atoms in total. The summed E-state index contributed by atoms with van der Waals surface area (Å²) in [7, 11) is 0. The number of rotatable bonds is 5. The zero-order valence-electron chi connectivity index (χ0n) is 14.8. The van der Waals surface area contributed by atoms with Crippen molar-refractivity contribution in [3.63, 3.8) is 0 Å². The number of nitrogens with one attached hydrogen (secondary N) is 1. The van der Waals surface area contributed by atoms with Crippen molar-refractivity contribution in [2.75, 3.05) is 11.9 Å². The van der Waals surface area contributed by atoms with Crippen molar-refractivity contribution in [1.82, 2.24) is 14.8 Å². The van der Waals surface area contributed by atoms with Crippen molar-refractivity contribution in [2.45, 2.75) is 51.5 Å². The lowest BCUT2D eigenvalue weighted by molar-refractivity contribution is -0.0360. The van der Waals surface area contributed by atoms with Gasteiger partial charge >= 0.3 is 5.97 Å². The molecule has 3 rings (SSSR count). The molecule has 8 heteroatoms. The highest BCUT2D eigenvalue weighted by molar-refractivity contribution is 5.89. The first-order chi connectivity index (χ1) is 12.4.